The minimum Gasteiger partial charge on any atom is -0.493 e. The highest BCUT2D eigenvalue weighted by Gasteiger charge is 2.29. The molecule has 0 saturated carbocycles. The van der Waals surface area contributed by atoms with Crippen LogP contribution in [0.3, 0.4) is 0 Å². The molecule has 3 heterocycles. The molecule has 5 nitrogen and oxygen atoms in total. The molecule has 0 fully saturated rings. The van der Waals surface area contributed by atoms with Crippen LogP contribution in [0.2, 0.25) is 0 Å². The van der Waals surface area contributed by atoms with E-state index in [0.29, 0.717) is 13.2 Å². The molecule has 0 unspecified atom stereocenters. The molecule has 1 radical (unpaired) electrons. The van der Waals surface area contributed by atoms with Crippen molar-refractivity contribution in [1.82, 2.24) is 4.98 Å². The Morgan fingerprint density at radius 1 is 1.14 bits per heavy atom. The van der Waals surface area contributed by atoms with E-state index in [0.717, 1.165) is 47.1 Å². The van der Waals surface area contributed by atoms with Gasteiger partial charge in [0.15, 0.2) is 0 Å². The van der Waals surface area contributed by atoms with Crippen molar-refractivity contribution in [2.45, 2.75) is 19.4 Å². The van der Waals surface area contributed by atoms with Crippen molar-refractivity contribution in [3.63, 3.8) is 0 Å². The Bertz CT molecular complexity index is 1010. The highest BCUT2D eigenvalue weighted by atomic mass is 16.5. The molecule has 5 heteroatoms. The fourth-order valence-corrected chi connectivity index (χ4v) is 4.03. The number of rotatable bonds is 6. The van der Waals surface area contributed by atoms with Gasteiger partial charge in [-0.1, -0.05) is 25.1 Å². The summed E-state index contributed by atoms with van der Waals surface area (Å²) in [6.07, 6.45) is 6.84. The van der Waals surface area contributed by atoms with Crippen molar-refractivity contribution in [2.75, 3.05) is 30.0 Å². The van der Waals surface area contributed by atoms with Gasteiger partial charge in [-0.2, -0.15) is 0 Å². The van der Waals surface area contributed by atoms with Gasteiger partial charge in [0.2, 0.25) is 0 Å². The fourth-order valence-electron chi connectivity index (χ4n) is 4.03. The van der Waals surface area contributed by atoms with E-state index in [2.05, 4.69) is 71.0 Å². The Kier molecular flexibility index (Phi) is 4.72. The van der Waals surface area contributed by atoms with Gasteiger partial charge in [-0.05, 0) is 30.7 Å². The number of pyridine rings is 1. The van der Waals surface area contributed by atoms with E-state index in [1.54, 1.807) is 6.20 Å². The van der Waals surface area contributed by atoms with Crippen LogP contribution in [0.15, 0.2) is 60.9 Å². The van der Waals surface area contributed by atoms with Crippen molar-refractivity contribution in [2.24, 2.45) is 0 Å². The van der Waals surface area contributed by atoms with Crippen LogP contribution in [0.1, 0.15) is 30.5 Å². The third-order valence-corrected chi connectivity index (χ3v) is 5.39. The molecule has 2 aliphatic rings. The smallest absolute Gasteiger partial charge is 0.148 e. The third kappa shape index (κ3) is 3.37. The van der Waals surface area contributed by atoms with E-state index < -0.39 is 0 Å². The molecule has 0 saturated heterocycles. The monoisotopic (exact) mass is 386 g/mol. The molecule has 147 valence electrons. The van der Waals surface area contributed by atoms with Crippen LogP contribution >= 0.6 is 0 Å². The van der Waals surface area contributed by atoms with Gasteiger partial charge < -0.3 is 19.7 Å². The van der Waals surface area contributed by atoms with Gasteiger partial charge in [0.25, 0.3) is 0 Å². The quantitative estimate of drug-likeness (QED) is 0.637. The van der Waals surface area contributed by atoms with Crippen molar-refractivity contribution < 1.29 is 9.47 Å². The molecule has 1 aromatic heterocycles. The Morgan fingerprint density at radius 3 is 2.97 bits per heavy atom. The first-order chi connectivity index (χ1) is 14.3. The average molecular weight is 386 g/mol. The maximum atomic E-state index is 6.19. The molecule has 0 amide bonds. The second-order valence-corrected chi connectivity index (χ2v) is 7.33. The van der Waals surface area contributed by atoms with Gasteiger partial charge in [-0.15, -0.1) is 0 Å². The highest BCUT2D eigenvalue weighted by Crippen LogP contribution is 2.44. The van der Waals surface area contributed by atoms with Crippen LogP contribution < -0.4 is 19.7 Å². The van der Waals surface area contributed by atoms with E-state index in [-0.39, 0.29) is 6.04 Å². The molecule has 1 atom stereocenters. The Balaban J connectivity index is 1.44. The number of aromatic nitrogens is 1. The van der Waals surface area contributed by atoms with E-state index in [9.17, 15) is 0 Å². The Morgan fingerprint density at radius 2 is 2.10 bits per heavy atom. The first kappa shape index (κ1) is 17.9. The molecular formula is C24H24N3O2. The third-order valence-electron chi connectivity index (χ3n) is 5.39. The number of anilines is 3. The van der Waals surface area contributed by atoms with Gasteiger partial charge in [0.05, 0.1) is 30.2 Å². The summed E-state index contributed by atoms with van der Waals surface area (Å²) >= 11 is 0. The summed E-state index contributed by atoms with van der Waals surface area (Å²) in [6, 6.07) is 16.8. The van der Waals surface area contributed by atoms with Crippen LogP contribution in [0.25, 0.3) is 0 Å². The molecule has 2 aromatic carbocycles. The summed E-state index contributed by atoms with van der Waals surface area (Å²) in [4.78, 5) is 6.58. The van der Waals surface area contributed by atoms with Crippen LogP contribution in [0.4, 0.5) is 17.1 Å². The Labute approximate surface area is 171 Å². The molecule has 3 aromatic rings. The number of ether oxygens (including phenoxy) is 2. The summed E-state index contributed by atoms with van der Waals surface area (Å²) in [5.41, 5.74) is 5.56. The average Bonchev–Trinajstić information content (AvgIpc) is 3.39. The lowest BCUT2D eigenvalue weighted by Crippen LogP contribution is -2.18. The topological polar surface area (TPSA) is 46.6 Å². The number of hydrogen-bond acceptors (Lipinski definition) is 5. The first-order valence-electron chi connectivity index (χ1n) is 10.1. The summed E-state index contributed by atoms with van der Waals surface area (Å²) in [6.45, 7) is 4.34. The Hall–Kier alpha value is -3.21. The molecule has 5 rings (SSSR count). The predicted molar refractivity (Wildman–Crippen MR) is 115 cm³/mol. The first-order valence-corrected chi connectivity index (χ1v) is 10.1. The minimum absolute atomic E-state index is 0.103. The number of benzene rings is 2. The fraction of sp³-hybridized carbons (Fsp3) is 0.250. The lowest BCUT2D eigenvalue weighted by atomic mass is 10.1. The summed E-state index contributed by atoms with van der Waals surface area (Å²) in [5, 5.41) is 3.61. The number of fused-ring (bicyclic) bond motifs is 2. The van der Waals surface area contributed by atoms with Crippen molar-refractivity contribution in [1.29, 1.82) is 0 Å². The number of nitrogens with one attached hydrogen (secondary N) is 1. The number of hydrogen-bond donors (Lipinski definition) is 1. The van der Waals surface area contributed by atoms with Crippen LogP contribution in [-0.2, 0) is 0 Å². The molecule has 29 heavy (non-hydrogen) atoms. The van der Waals surface area contributed by atoms with Crippen LogP contribution in [0, 0.1) is 6.42 Å². The zero-order chi connectivity index (χ0) is 19.6. The van der Waals surface area contributed by atoms with Crippen molar-refractivity contribution in [3.8, 4) is 11.5 Å². The predicted octanol–water partition coefficient (Wildman–Crippen LogP) is 5.12. The van der Waals surface area contributed by atoms with E-state index >= 15 is 0 Å². The number of para-hydroxylation sites is 1. The zero-order valence-corrected chi connectivity index (χ0v) is 16.5. The summed E-state index contributed by atoms with van der Waals surface area (Å²) < 4.78 is 11.9. The van der Waals surface area contributed by atoms with E-state index in [4.69, 9.17) is 9.47 Å². The van der Waals surface area contributed by atoms with E-state index in [1.165, 1.54) is 5.56 Å². The van der Waals surface area contributed by atoms with Crippen molar-refractivity contribution >= 4 is 17.1 Å². The van der Waals surface area contributed by atoms with Gasteiger partial charge in [-0.3, -0.25) is 4.98 Å². The summed E-state index contributed by atoms with van der Waals surface area (Å²) in [5.74, 6) is 1.89. The van der Waals surface area contributed by atoms with Gasteiger partial charge in [0.1, 0.15) is 18.1 Å². The van der Waals surface area contributed by atoms with Crippen molar-refractivity contribution in [3.05, 3.63) is 78.5 Å². The molecule has 1 N–H and O–H groups in total. The van der Waals surface area contributed by atoms with Crippen LogP contribution in [0.5, 0.6) is 11.5 Å². The maximum Gasteiger partial charge on any atom is 0.148 e. The molecule has 0 spiro atoms. The molecular weight excluding hydrogens is 362 g/mol. The lowest BCUT2D eigenvalue weighted by molar-refractivity contribution is 0.340. The molecule has 0 aliphatic carbocycles. The van der Waals surface area contributed by atoms with Gasteiger partial charge in [-0.25, -0.2) is 0 Å². The summed E-state index contributed by atoms with van der Waals surface area (Å²) in [7, 11) is 0. The minimum atomic E-state index is 0.103. The van der Waals surface area contributed by atoms with Crippen LogP contribution in [-0.4, -0.2) is 24.7 Å². The highest BCUT2D eigenvalue weighted by molar-refractivity contribution is 5.72. The molecule has 2 aliphatic heterocycles. The second-order valence-electron chi connectivity index (χ2n) is 7.33. The van der Waals surface area contributed by atoms with Gasteiger partial charge in [0, 0.05) is 42.0 Å². The molecule has 0 bridgehead atoms. The zero-order valence-electron chi connectivity index (χ0n) is 16.5. The number of nitrogens with zero attached hydrogens (tertiary/aromatic N) is 2. The maximum absolute atomic E-state index is 6.19. The van der Waals surface area contributed by atoms with Gasteiger partial charge >= 0.3 is 0 Å². The largest absolute Gasteiger partial charge is 0.493 e. The standard InChI is InChI=1S/C24H24N3O2/c1-2-12-27(19-5-4-11-25-15-19)22-7-3-6-20-21(16-29-24(20)22)26-18-9-8-17-10-13-28-23(17)14-18/h3-11,14-15,21,26H,2,12-13,16H2,1H3/t21-/m1/s1. The lowest BCUT2D eigenvalue weighted by Gasteiger charge is -2.25. The normalized spacial score (nSPS) is 16.5. The second kappa shape index (κ2) is 7.66. The SMILES string of the molecule is CCCN(c1cccnc1)c1cccc2c1OC[C@H]2Nc1ccc2c(c1)OC[CH]2. The van der Waals surface area contributed by atoms with E-state index in [1.807, 2.05) is 12.3 Å².